The van der Waals surface area contributed by atoms with E-state index in [4.69, 9.17) is 21.1 Å². The minimum Gasteiger partial charge on any atom is -0.493 e. The van der Waals surface area contributed by atoms with Gasteiger partial charge in [0.05, 0.1) is 36.4 Å². The molecule has 0 fully saturated rings. The Kier molecular flexibility index (Phi) is 8.86. The molecule has 0 spiro atoms. The lowest BCUT2D eigenvalue weighted by atomic mass is 10.0. The highest BCUT2D eigenvalue weighted by atomic mass is 35.5. The quantitative estimate of drug-likeness (QED) is 0.310. The van der Waals surface area contributed by atoms with E-state index >= 15 is 0 Å². The Morgan fingerprint density at radius 3 is 2.29 bits per heavy atom. The molecule has 0 aliphatic heterocycles. The van der Waals surface area contributed by atoms with E-state index in [2.05, 4.69) is 15.2 Å². The number of benzene rings is 3. The highest BCUT2D eigenvalue weighted by Gasteiger charge is 2.23. The van der Waals surface area contributed by atoms with Gasteiger partial charge in [0.1, 0.15) is 0 Å². The number of rotatable bonds is 10. The van der Waals surface area contributed by atoms with E-state index in [0.717, 1.165) is 5.56 Å². The first kappa shape index (κ1) is 26.2. The molecule has 3 aromatic carbocycles. The maximum Gasteiger partial charge on any atom is 0.242 e. The van der Waals surface area contributed by atoms with E-state index in [0.29, 0.717) is 27.6 Å². The number of methoxy groups -OCH3 is 2. The first-order valence-electron chi connectivity index (χ1n) is 10.6. The molecule has 0 saturated carbocycles. The van der Waals surface area contributed by atoms with Crippen LogP contribution in [0.4, 0.5) is 0 Å². The minimum absolute atomic E-state index is 0.116. The van der Waals surface area contributed by atoms with E-state index in [1.165, 1.54) is 32.6 Å². The van der Waals surface area contributed by atoms with Crippen LogP contribution in [0.2, 0.25) is 5.02 Å². The van der Waals surface area contributed by atoms with Gasteiger partial charge >= 0.3 is 0 Å². The van der Waals surface area contributed by atoms with Gasteiger partial charge in [0.2, 0.25) is 15.9 Å². The number of hydrogen-bond donors (Lipinski definition) is 2. The minimum atomic E-state index is -3.87. The van der Waals surface area contributed by atoms with Crippen LogP contribution in [-0.2, 0) is 14.8 Å². The summed E-state index contributed by atoms with van der Waals surface area (Å²) in [6.07, 6.45) is 1.20. The maximum absolute atomic E-state index is 12.9. The van der Waals surface area contributed by atoms with Crippen LogP contribution >= 0.6 is 11.6 Å². The van der Waals surface area contributed by atoms with Crippen molar-refractivity contribution in [2.45, 2.75) is 24.3 Å². The maximum atomic E-state index is 12.9. The lowest BCUT2D eigenvalue weighted by molar-refractivity contribution is -0.121. The van der Waals surface area contributed by atoms with E-state index in [1.54, 1.807) is 48.5 Å². The molecule has 0 saturated heterocycles. The zero-order chi connectivity index (χ0) is 25.4. The molecule has 0 radical (unpaired) electrons. The van der Waals surface area contributed by atoms with Gasteiger partial charge in [-0.3, -0.25) is 4.79 Å². The number of hydrogen-bond acceptors (Lipinski definition) is 6. The molecular weight excluding hydrogens is 490 g/mol. The second-order valence-corrected chi connectivity index (χ2v) is 9.74. The van der Waals surface area contributed by atoms with Gasteiger partial charge in [0, 0.05) is 18.1 Å². The Labute approximate surface area is 210 Å². The van der Waals surface area contributed by atoms with Gasteiger partial charge in [0.15, 0.2) is 11.5 Å². The van der Waals surface area contributed by atoms with Crippen LogP contribution in [0.25, 0.3) is 0 Å². The van der Waals surface area contributed by atoms with Crippen molar-refractivity contribution in [3.8, 4) is 11.5 Å². The van der Waals surface area contributed by atoms with E-state index in [9.17, 15) is 13.2 Å². The molecule has 0 bridgehead atoms. The van der Waals surface area contributed by atoms with Crippen molar-refractivity contribution in [2.75, 3.05) is 14.2 Å². The van der Waals surface area contributed by atoms with Crippen molar-refractivity contribution >= 4 is 33.7 Å². The number of carbonyl (C=O) groups excluding carboxylic acids is 1. The molecule has 0 aliphatic carbocycles. The van der Waals surface area contributed by atoms with Crippen LogP contribution in [0.3, 0.4) is 0 Å². The Morgan fingerprint density at radius 1 is 1.03 bits per heavy atom. The smallest absolute Gasteiger partial charge is 0.242 e. The second-order valence-electron chi connectivity index (χ2n) is 7.62. The number of nitrogens with one attached hydrogen (secondary N) is 2. The summed E-state index contributed by atoms with van der Waals surface area (Å²) in [5.74, 6) is 0.433. The van der Waals surface area contributed by atoms with Crippen LogP contribution in [0, 0.1) is 6.92 Å². The first-order valence-corrected chi connectivity index (χ1v) is 12.5. The second kappa shape index (κ2) is 11.8. The molecule has 35 heavy (non-hydrogen) atoms. The first-order chi connectivity index (χ1) is 16.7. The topological polar surface area (TPSA) is 106 Å². The summed E-state index contributed by atoms with van der Waals surface area (Å²) in [4.78, 5) is 12.8. The number of sulfonamides is 1. The molecular formula is C25H26ClN3O5S. The van der Waals surface area contributed by atoms with E-state index < -0.39 is 22.0 Å². The average Bonchev–Trinajstić information content (AvgIpc) is 2.85. The fraction of sp³-hybridized carbons (Fsp3) is 0.200. The lowest BCUT2D eigenvalue weighted by Crippen LogP contribution is -2.32. The van der Waals surface area contributed by atoms with E-state index in [-0.39, 0.29) is 11.3 Å². The number of aryl methyl sites for hydroxylation is 1. The van der Waals surface area contributed by atoms with Gasteiger partial charge in [-0.1, -0.05) is 59.6 Å². The van der Waals surface area contributed by atoms with Crippen LogP contribution < -0.4 is 19.6 Å². The van der Waals surface area contributed by atoms with Gasteiger partial charge in [-0.05, 0) is 30.7 Å². The van der Waals surface area contributed by atoms with Crippen LogP contribution in [0.5, 0.6) is 11.5 Å². The normalized spacial score (nSPS) is 12.3. The molecule has 0 unspecified atom stereocenters. The monoisotopic (exact) mass is 515 g/mol. The standard InChI is InChI=1S/C25H26ClN3O5S/c1-17-9-11-20(12-10-17)35(31,32)29-22(18-7-5-4-6-8-18)15-25(30)28-27-16-19-13-23(33-2)24(34-3)14-21(19)26/h4-14,16,22,29H,15H2,1-3H3,(H,28,30)/b27-16-/t22-/m1/s1. The summed E-state index contributed by atoms with van der Waals surface area (Å²) in [5.41, 5.74) is 4.51. The molecule has 1 atom stereocenters. The fourth-order valence-electron chi connectivity index (χ4n) is 3.26. The summed E-state index contributed by atoms with van der Waals surface area (Å²) in [5, 5.41) is 4.32. The molecule has 184 valence electrons. The largest absolute Gasteiger partial charge is 0.493 e. The summed E-state index contributed by atoms with van der Waals surface area (Å²) in [6, 6.07) is 17.7. The molecule has 0 heterocycles. The van der Waals surface area contributed by atoms with Crippen molar-refractivity contribution < 1.29 is 22.7 Å². The molecule has 3 rings (SSSR count). The van der Waals surface area contributed by atoms with E-state index in [1.807, 2.05) is 13.0 Å². The summed E-state index contributed by atoms with van der Waals surface area (Å²) >= 11 is 6.24. The van der Waals surface area contributed by atoms with Gasteiger partial charge in [-0.15, -0.1) is 0 Å². The van der Waals surface area contributed by atoms with Gasteiger partial charge < -0.3 is 9.47 Å². The molecule has 1 amide bonds. The van der Waals surface area contributed by atoms with Crippen molar-refractivity contribution in [1.82, 2.24) is 10.1 Å². The van der Waals surface area contributed by atoms with Gasteiger partial charge in [0.25, 0.3) is 0 Å². The van der Waals surface area contributed by atoms with Gasteiger partial charge in [-0.2, -0.15) is 5.10 Å². The fourth-order valence-corrected chi connectivity index (χ4v) is 4.69. The average molecular weight is 516 g/mol. The SMILES string of the molecule is COc1cc(Cl)c(/C=N\NC(=O)C[C@@H](NS(=O)(=O)c2ccc(C)cc2)c2ccccc2)cc1OC. The summed E-state index contributed by atoms with van der Waals surface area (Å²) in [6.45, 7) is 1.87. The Morgan fingerprint density at radius 2 is 1.66 bits per heavy atom. The number of halogens is 1. The number of hydrazone groups is 1. The van der Waals surface area contributed by atoms with Crippen LogP contribution in [-0.4, -0.2) is 34.8 Å². The molecule has 0 aromatic heterocycles. The predicted octanol–water partition coefficient (Wildman–Crippen LogP) is 4.23. The zero-order valence-corrected chi connectivity index (χ0v) is 21.1. The number of ether oxygens (including phenoxy) is 2. The lowest BCUT2D eigenvalue weighted by Gasteiger charge is -2.18. The summed E-state index contributed by atoms with van der Waals surface area (Å²) in [7, 11) is -0.871. The molecule has 10 heteroatoms. The third kappa shape index (κ3) is 7.05. The van der Waals surface area contributed by atoms with Crippen LogP contribution in [0.1, 0.15) is 29.2 Å². The molecule has 0 aliphatic rings. The Bertz CT molecular complexity index is 1300. The van der Waals surface area contributed by atoms with Crippen molar-refractivity contribution in [2.24, 2.45) is 5.10 Å². The van der Waals surface area contributed by atoms with Crippen molar-refractivity contribution in [1.29, 1.82) is 0 Å². The third-order valence-electron chi connectivity index (χ3n) is 5.12. The predicted molar refractivity (Wildman–Crippen MR) is 136 cm³/mol. The van der Waals surface area contributed by atoms with Crippen molar-refractivity contribution in [3.05, 3.63) is 88.4 Å². The summed E-state index contributed by atoms with van der Waals surface area (Å²) < 4.78 is 39.0. The molecule has 2 N–H and O–H groups in total. The zero-order valence-electron chi connectivity index (χ0n) is 19.5. The number of amides is 1. The Balaban J connectivity index is 1.75. The highest BCUT2D eigenvalue weighted by Crippen LogP contribution is 2.32. The molecule has 3 aromatic rings. The highest BCUT2D eigenvalue weighted by molar-refractivity contribution is 7.89. The number of carbonyl (C=O) groups is 1. The van der Waals surface area contributed by atoms with Crippen LogP contribution in [0.15, 0.2) is 76.7 Å². The third-order valence-corrected chi connectivity index (χ3v) is 6.93. The number of nitrogens with zero attached hydrogens (tertiary/aromatic N) is 1. The molecule has 8 nitrogen and oxygen atoms in total. The Hall–Kier alpha value is -3.40. The van der Waals surface area contributed by atoms with Gasteiger partial charge in [-0.25, -0.2) is 18.6 Å². The van der Waals surface area contributed by atoms with Crippen molar-refractivity contribution in [3.63, 3.8) is 0 Å².